The van der Waals surface area contributed by atoms with Crippen molar-refractivity contribution in [3.8, 4) is 0 Å². The molecule has 0 atom stereocenters. The minimum Gasteiger partial charge on any atom is -0.347 e. The van der Waals surface area contributed by atoms with E-state index in [9.17, 15) is 14.0 Å². The third-order valence-electron chi connectivity index (χ3n) is 3.55. The van der Waals surface area contributed by atoms with Gasteiger partial charge in [0, 0.05) is 24.5 Å². The van der Waals surface area contributed by atoms with Crippen LogP contribution < -0.4 is 10.6 Å². The van der Waals surface area contributed by atoms with E-state index in [2.05, 4.69) is 20.6 Å². The Kier molecular flexibility index (Phi) is 5.28. The third kappa shape index (κ3) is 4.27. The van der Waals surface area contributed by atoms with Gasteiger partial charge in [-0.25, -0.2) is 14.4 Å². The highest BCUT2D eigenvalue weighted by Crippen LogP contribution is 2.11. The standard InChI is InChI=1S/C19H15FN4O2/c20-15-8-6-13(7-9-15)12-23-19(26)16-17(22-11-10-21-16)24-18(25)14-4-2-1-3-5-14/h1-11H,12H2,(H,23,26)(H,22,24,25). The molecule has 1 heterocycles. The van der Waals surface area contributed by atoms with Crippen LogP contribution in [0.4, 0.5) is 10.2 Å². The Balaban J connectivity index is 1.70. The van der Waals surface area contributed by atoms with E-state index in [1.165, 1.54) is 24.5 Å². The maximum atomic E-state index is 12.9. The van der Waals surface area contributed by atoms with Gasteiger partial charge in [0.05, 0.1) is 0 Å². The SMILES string of the molecule is O=C(Nc1nccnc1C(=O)NCc1ccc(F)cc1)c1ccccc1. The molecular formula is C19H15FN4O2. The Bertz CT molecular complexity index is 914. The molecule has 0 unspecified atom stereocenters. The van der Waals surface area contributed by atoms with Crippen molar-refractivity contribution in [1.82, 2.24) is 15.3 Å². The minimum absolute atomic E-state index is 0.00103. The summed E-state index contributed by atoms with van der Waals surface area (Å²) in [4.78, 5) is 32.7. The number of nitrogens with zero attached hydrogens (tertiary/aromatic N) is 2. The van der Waals surface area contributed by atoms with E-state index in [1.54, 1.807) is 42.5 Å². The summed E-state index contributed by atoms with van der Waals surface area (Å²) >= 11 is 0. The summed E-state index contributed by atoms with van der Waals surface area (Å²) in [6, 6.07) is 14.4. The van der Waals surface area contributed by atoms with Crippen LogP contribution in [0.1, 0.15) is 26.4 Å². The molecule has 2 amide bonds. The van der Waals surface area contributed by atoms with Crippen LogP contribution in [-0.4, -0.2) is 21.8 Å². The van der Waals surface area contributed by atoms with E-state index >= 15 is 0 Å². The molecule has 0 aliphatic heterocycles. The van der Waals surface area contributed by atoms with Crippen molar-refractivity contribution in [2.45, 2.75) is 6.54 Å². The zero-order chi connectivity index (χ0) is 18.4. The maximum absolute atomic E-state index is 12.9. The summed E-state index contributed by atoms with van der Waals surface area (Å²) in [6.45, 7) is 0.196. The van der Waals surface area contributed by atoms with E-state index in [0.29, 0.717) is 5.56 Å². The smallest absolute Gasteiger partial charge is 0.274 e. The molecule has 0 bridgehead atoms. The molecule has 3 aromatic rings. The lowest BCUT2D eigenvalue weighted by Gasteiger charge is -2.09. The van der Waals surface area contributed by atoms with Gasteiger partial charge in [-0.05, 0) is 29.8 Å². The molecule has 2 aromatic carbocycles. The first kappa shape index (κ1) is 17.2. The fraction of sp³-hybridized carbons (Fsp3) is 0.0526. The average Bonchev–Trinajstić information content (AvgIpc) is 2.68. The summed E-state index contributed by atoms with van der Waals surface area (Å²) in [7, 11) is 0. The van der Waals surface area contributed by atoms with Crippen LogP contribution in [0.25, 0.3) is 0 Å². The zero-order valence-electron chi connectivity index (χ0n) is 13.6. The Labute approximate surface area is 149 Å². The van der Waals surface area contributed by atoms with Crippen molar-refractivity contribution >= 4 is 17.6 Å². The van der Waals surface area contributed by atoms with Crippen LogP contribution in [0.2, 0.25) is 0 Å². The number of carbonyl (C=O) groups is 2. The summed E-state index contributed by atoms with van der Waals surface area (Å²) in [5.41, 5.74) is 1.17. The second-order valence-corrected chi connectivity index (χ2v) is 5.38. The van der Waals surface area contributed by atoms with Gasteiger partial charge in [0.25, 0.3) is 11.8 Å². The van der Waals surface area contributed by atoms with Crippen molar-refractivity contribution in [2.75, 3.05) is 5.32 Å². The Morgan fingerprint density at radius 1 is 0.885 bits per heavy atom. The largest absolute Gasteiger partial charge is 0.347 e. The van der Waals surface area contributed by atoms with Crippen LogP contribution in [0.3, 0.4) is 0 Å². The lowest BCUT2D eigenvalue weighted by molar-refractivity contribution is 0.0946. The Hall–Kier alpha value is -3.61. The molecule has 0 aliphatic carbocycles. The van der Waals surface area contributed by atoms with Crippen molar-refractivity contribution in [3.05, 3.63) is 89.6 Å². The molecule has 6 nitrogen and oxygen atoms in total. The number of nitrogens with one attached hydrogen (secondary N) is 2. The maximum Gasteiger partial charge on any atom is 0.274 e. The lowest BCUT2D eigenvalue weighted by atomic mass is 10.2. The number of anilines is 1. The predicted molar refractivity (Wildman–Crippen MR) is 94.0 cm³/mol. The lowest BCUT2D eigenvalue weighted by Crippen LogP contribution is -2.26. The van der Waals surface area contributed by atoms with Gasteiger partial charge in [-0.1, -0.05) is 30.3 Å². The van der Waals surface area contributed by atoms with Crippen molar-refractivity contribution in [3.63, 3.8) is 0 Å². The van der Waals surface area contributed by atoms with Crippen LogP contribution in [-0.2, 0) is 6.54 Å². The monoisotopic (exact) mass is 350 g/mol. The molecule has 26 heavy (non-hydrogen) atoms. The van der Waals surface area contributed by atoms with Crippen molar-refractivity contribution in [1.29, 1.82) is 0 Å². The molecule has 0 radical (unpaired) electrons. The quantitative estimate of drug-likeness (QED) is 0.741. The predicted octanol–water partition coefficient (Wildman–Crippen LogP) is 2.80. The zero-order valence-corrected chi connectivity index (χ0v) is 13.6. The highest BCUT2D eigenvalue weighted by Gasteiger charge is 2.16. The van der Waals surface area contributed by atoms with Gasteiger partial charge in [0.1, 0.15) is 5.82 Å². The number of rotatable bonds is 5. The molecule has 3 rings (SSSR count). The number of benzene rings is 2. The summed E-state index contributed by atoms with van der Waals surface area (Å²) < 4.78 is 12.9. The van der Waals surface area contributed by atoms with Gasteiger partial charge in [0.2, 0.25) is 0 Å². The van der Waals surface area contributed by atoms with Crippen molar-refractivity contribution < 1.29 is 14.0 Å². The highest BCUT2D eigenvalue weighted by molar-refractivity contribution is 6.07. The number of halogens is 1. The molecule has 0 saturated carbocycles. The second-order valence-electron chi connectivity index (χ2n) is 5.38. The average molecular weight is 350 g/mol. The summed E-state index contributed by atoms with van der Waals surface area (Å²) in [5.74, 6) is -1.16. The van der Waals surface area contributed by atoms with E-state index in [1.807, 2.05) is 0 Å². The van der Waals surface area contributed by atoms with Crippen LogP contribution in [0.15, 0.2) is 67.0 Å². The van der Waals surface area contributed by atoms with Gasteiger partial charge in [0.15, 0.2) is 11.5 Å². The fourth-order valence-electron chi connectivity index (χ4n) is 2.23. The molecule has 0 spiro atoms. The fourth-order valence-corrected chi connectivity index (χ4v) is 2.23. The van der Waals surface area contributed by atoms with Crippen LogP contribution in [0.5, 0.6) is 0 Å². The van der Waals surface area contributed by atoms with Crippen LogP contribution >= 0.6 is 0 Å². The van der Waals surface area contributed by atoms with Crippen LogP contribution in [0, 0.1) is 5.82 Å². The minimum atomic E-state index is -0.495. The number of hydrogen-bond donors (Lipinski definition) is 2. The molecule has 0 saturated heterocycles. The topological polar surface area (TPSA) is 84.0 Å². The molecule has 0 fully saturated rings. The highest BCUT2D eigenvalue weighted by atomic mass is 19.1. The number of carbonyl (C=O) groups excluding carboxylic acids is 2. The number of hydrogen-bond acceptors (Lipinski definition) is 4. The van der Waals surface area contributed by atoms with Gasteiger partial charge < -0.3 is 10.6 Å². The van der Waals surface area contributed by atoms with Gasteiger partial charge in [-0.15, -0.1) is 0 Å². The first-order chi connectivity index (χ1) is 12.6. The molecule has 0 aliphatic rings. The molecular weight excluding hydrogens is 335 g/mol. The Morgan fingerprint density at radius 3 is 2.31 bits per heavy atom. The summed E-state index contributed by atoms with van der Waals surface area (Å²) in [5, 5.41) is 5.26. The molecule has 2 N–H and O–H groups in total. The van der Waals surface area contributed by atoms with Gasteiger partial charge in [-0.3, -0.25) is 9.59 Å². The first-order valence-electron chi connectivity index (χ1n) is 7.83. The number of aromatic nitrogens is 2. The second kappa shape index (κ2) is 7.98. The number of amides is 2. The third-order valence-corrected chi connectivity index (χ3v) is 3.55. The van der Waals surface area contributed by atoms with Gasteiger partial charge in [-0.2, -0.15) is 0 Å². The Morgan fingerprint density at radius 2 is 1.58 bits per heavy atom. The molecule has 1 aromatic heterocycles. The van der Waals surface area contributed by atoms with Crippen molar-refractivity contribution in [2.24, 2.45) is 0 Å². The van der Waals surface area contributed by atoms with E-state index in [0.717, 1.165) is 5.56 Å². The molecule has 130 valence electrons. The summed E-state index contributed by atoms with van der Waals surface area (Å²) in [6.07, 6.45) is 2.75. The normalized spacial score (nSPS) is 10.2. The molecule has 7 heteroatoms. The van der Waals surface area contributed by atoms with E-state index < -0.39 is 11.8 Å². The van der Waals surface area contributed by atoms with E-state index in [4.69, 9.17) is 0 Å². The van der Waals surface area contributed by atoms with Gasteiger partial charge >= 0.3 is 0 Å². The van der Waals surface area contributed by atoms with E-state index in [-0.39, 0.29) is 23.9 Å². The first-order valence-corrected chi connectivity index (χ1v) is 7.83.